The first kappa shape index (κ1) is 21.9. The molecule has 2 N–H and O–H groups in total. The second kappa shape index (κ2) is 13.1. The Morgan fingerprint density at radius 1 is 1.12 bits per heavy atom. The molecule has 0 aliphatic rings. The van der Waals surface area contributed by atoms with Gasteiger partial charge in [-0.25, -0.2) is 0 Å². The van der Waals surface area contributed by atoms with Crippen LogP contribution in [0, 0.1) is 0 Å². The van der Waals surface area contributed by atoms with Crippen molar-refractivity contribution in [2.45, 2.75) is 58.8 Å². The maximum atomic E-state index is 12.5. The molecule has 1 aromatic rings. The van der Waals surface area contributed by atoms with Crippen molar-refractivity contribution < 1.29 is 9.53 Å². The molecule has 0 fully saturated rings. The molecule has 0 saturated carbocycles. The number of benzene rings is 1. The molecule has 25 heavy (non-hydrogen) atoms. The molecule has 0 spiro atoms. The van der Waals surface area contributed by atoms with E-state index in [1.54, 1.807) is 12.1 Å². The lowest BCUT2D eigenvalue weighted by atomic mass is 10.1. The molecule has 0 unspecified atom stereocenters. The highest BCUT2D eigenvalue weighted by molar-refractivity contribution is 9.10. The number of carbonyl (C=O) groups excluding carboxylic acids is 1. The van der Waals surface area contributed by atoms with Crippen LogP contribution in [0.25, 0.3) is 0 Å². The Labute approximate surface area is 165 Å². The first-order valence-corrected chi connectivity index (χ1v) is 10.3. The van der Waals surface area contributed by atoms with Crippen molar-refractivity contribution in [3.8, 4) is 5.75 Å². The molecule has 1 rings (SSSR count). The number of rotatable bonds is 11. The Kier molecular flexibility index (Phi) is 11.5. The van der Waals surface area contributed by atoms with Gasteiger partial charge in [-0.2, -0.15) is 0 Å². The molecular weight excluding hydrogens is 400 g/mol. The summed E-state index contributed by atoms with van der Waals surface area (Å²) in [6, 6.07) is 5.42. The summed E-state index contributed by atoms with van der Waals surface area (Å²) >= 11 is 8.62. The summed E-state index contributed by atoms with van der Waals surface area (Å²) in [5.41, 5.74) is 0.484. The molecule has 0 aliphatic carbocycles. The van der Waals surface area contributed by atoms with Gasteiger partial charge in [0, 0.05) is 11.0 Å². The van der Waals surface area contributed by atoms with Crippen LogP contribution < -0.4 is 15.4 Å². The number of unbranched alkanes of at least 4 members (excludes halogenated alkanes) is 5. The Morgan fingerprint density at radius 3 is 2.56 bits per heavy atom. The monoisotopic (exact) mass is 428 g/mol. The quantitative estimate of drug-likeness (QED) is 0.375. The molecule has 4 nitrogen and oxygen atoms in total. The molecule has 0 heterocycles. The van der Waals surface area contributed by atoms with Crippen LogP contribution in [-0.2, 0) is 0 Å². The van der Waals surface area contributed by atoms with Crippen molar-refractivity contribution >= 4 is 39.2 Å². The number of carbonyl (C=O) groups is 1. The molecule has 140 valence electrons. The minimum Gasteiger partial charge on any atom is -0.493 e. The van der Waals surface area contributed by atoms with Crippen LogP contribution in [0.5, 0.6) is 5.75 Å². The number of thiocarbonyl (C=S) groups is 1. The average Bonchev–Trinajstić information content (AvgIpc) is 2.59. The van der Waals surface area contributed by atoms with Gasteiger partial charge < -0.3 is 10.1 Å². The van der Waals surface area contributed by atoms with Gasteiger partial charge in [0.25, 0.3) is 5.91 Å². The second-order valence-corrected chi connectivity index (χ2v) is 7.29. The lowest BCUT2D eigenvalue weighted by molar-refractivity contribution is 0.0972. The Bertz CT molecular complexity index is 552. The van der Waals surface area contributed by atoms with Crippen LogP contribution in [-0.4, -0.2) is 24.2 Å². The van der Waals surface area contributed by atoms with E-state index in [4.69, 9.17) is 17.0 Å². The van der Waals surface area contributed by atoms with Gasteiger partial charge in [-0.3, -0.25) is 10.1 Å². The normalized spacial score (nSPS) is 10.4. The van der Waals surface area contributed by atoms with E-state index in [0.717, 1.165) is 30.3 Å². The molecule has 0 bridgehead atoms. The van der Waals surface area contributed by atoms with Gasteiger partial charge in [0.1, 0.15) is 5.75 Å². The number of hydrogen-bond donors (Lipinski definition) is 2. The predicted octanol–water partition coefficient (Wildman–Crippen LogP) is 5.20. The van der Waals surface area contributed by atoms with Crippen molar-refractivity contribution in [2.75, 3.05) is 13.2 Å². The second-order valence-electron chi connectivity index (χ2n) is 5.97. The number of ether oxygens (including phenoxy) is 1. The van der Waals surface area contributed by atoms with Crippen molar-refractivity contribution in [3.63, 3.8) is 0 Å². The molecule has 0 aromatic heterocycles. The predicted molar refractivity (Wildman–Crippen MR) is 111 cm³/mol. The molecule has 0 aliphatic heterocycles. The van der Waals surface area contributed by atoms with Crippen LogP contribution >= 0.6 is 28.1 Å². The SMILES string of the molecule is CCCCCCCNC(=S)NC(=O)c1cc(Br)ccc1OCCCC. The fourth-order valence-corrected chi connectivity index (χ4v) is 2.83. The van der Waals surface area contributed by atoms with Crippen LogP contribution in [0.15, 0.2) is 22.7 Å². The van der Waals surface area contributed by atoms with Crippen LogP contribution in [0.1, 0.15) is 69.2 Å². The Morgan fingerprint density at radius 2 is 1.84 bits per heavy atom. The van der Waals surface area contributed by atoms with E-state index in [-0.39, 0.29) is 5.91 Å². The zero-order valence-electron chi connectivity index (χ0n) is 15.2. The molecule has 0 saturated heterocycles. The molecule has 1 amide bonds. The molecule has 0 radical (unpaired) electrons. The highest BCUT2D eigenvalue weighted by Gasteiger charge is 2.14. The van der Waals surface area contributed by atoms with Gasteiger partial charge in [0.2, 0.25) is 0 Å². The molecule has 0 atom stereocenters. The largest absolute Gasteiger partial charge is 0.493 e. The first-order chi connectivity index (χ1) is 12.1. The topological polar surface area (TPSA) is 50.4 Å². The average molecular weight is 429 g/mol. The van der Waals surface area contributed by atoms with Gasteiger partial charge in [0.05, 0.1) is 12.2 Å². The van der Waals surface area contributed by atoms with Gasteiger partial charge in [0.15, 0.2) is 5.11 Å². The summed E-state index contributed by atoms with van der Waals surface area (Å²) in [5.74, 6) is 0.327. The fourth-order valence-electron chi connectivity index (χ4n) is 2.28. The number of nitrogens with one attached hydrogen (secondary N) is 2. The number of halogens is 1. The zero-order chi connectivity index (χ0) is 18.5. The lowest BCUT2D eigenvalue weighted by Gasteiger charge is -2.13. The van der Waals surface area contributed by atoms with Crippen LogP contribution in [0.4, 0.5) is 0 Å². The summed E-state index contributed by atoms with van der Waals surface area (Å²) < 4.78 is 6.55. The van der Waals surface area contributed by atoms with E-state index >= 15 is 0 Å². The third-order valence-electron chi connectivity index (χ3n) is 3.73. The van der Waals surface area contributed by atoms with Gasteiger partial charge in [-0.15, -0.1) is 0 Å². The van der Waals surface area contributed by atoms with E-state index in [9.17, 15) is 4.79 Å². The van der Waals surface area contributed by atoms with Crippen LogP contribution in [0.3, 0.4) is 0 Å². The number of hydrogen-bond acceptors (Lipinski definition) is 3. The smallest absolute Gasteiger partial charge is 0.261 e. The third kappa shape index (κ3) is 9.21. The number of amides is 1. The van der Waals surface area contributed by atoms with E-state index in [2.05, 4.69) is 40.4 Å². The maximum Gasteiger partial charge on any atom is 0.261 e. The fraction of sp³-hybridized carbons (Fsp3) is 0.579. The Balaban J connectivity index is 2.49. The third-order valence-corrected chi connectivity index (χ3v) is 4.47. The summed E-state index contributed by atoms with van der Waals surface area (Å²) in [5, 5.41) is 6.19. The maximum absolute atomic E-state index is 12.5. The van der Waals surface area contributed by atoms with Crippen molar-refractivity contribution in [1.29, 1.82) is 0 Å². The standard InChI is InChI=1S/C19H29BrN2O2S/c1-3-5-7-8-9-12-21-19(25)22-18(23)16-14-15(20)10-11-17(16)24-13-6-4-2/h10-11,14H,3-9,12-13H2,1-2H3,(H2,21,22,23,25). The summed E-state index contributed by atoms with van der Waals surface area (Å²) in [4.78, 5) is 12.5. The molecular formula is C19H29BrN2O2S. The van der Waals surface area contributed by atoms with E-state index in [0.29, 0.717) is 23.0 Å². The minimum atomic E-state index is -0.253. The summed E-state index contributed by atoms with van der Waals surface area (Å²) in [7, 11) is 0. The highest BCUT2D eigenvalue weighted by atomic mass is 79.9. The van der Waals surface area contributed by atoms with Crippen molar-refractivity contribution in [1.82, 2.24) is 10.6 Å². The zero-order valence-corrected chi connectivity index (χ0v) is 17.6. The van der Waals surface area contributed by atoms with Crippen molar-refractivity contribution in [2.24, 2.45) is 0 Å². The summed E-state index contributed by atoms with van der Waals surface area (Å²) in [6.45, 7) is 5.68. The molecule has 6 heteroatoms. The van der Waals surface area contributed by atoms with Crippen molar-refractivity contribution in [3.05, 3.63) is 28.2 Å². The lowest BCUT2D eigenvalue weighted by Crippen LogP contribution is -2.39. The van der Waals surface area contributed by atoms with E-state index in [1.807, 2.05) is 6.07 Å². The summed E-state index contributed by atoms with van der Waals surface area (Å²) in [6.07, 6.45) is 7.98. The van der Waals surface area contributed by atoms with Gasteiger partial charge in [-0.05, 0) is 43.3 Å². The first-order valence-electron chi connectivity index (χ1n) is 9.10. The van der Waals surface area contributed by atoms with Gasteiger partial charge >= 0.3 is 0 Å². The molecule has 1 aromatic carbocycles. The minimum absolute atomic E-state index is 0.253. The Hall–Kier alpha value is -1.14. The van der Waals surface area contributed by atoms with E-state index < -0.39 is 0 Å². The van der Waals surface area contributed by atoms with Crippen LogP contribution in [0.2, 0.25) is 0 Å². The van der Waals surface area contributed by atoms with E-state index in [1.165, 1.54) is 25.7 Å². The highest BCUT2D eigenvalue weighted by Crippen LogP contribution is 2.23. The van der Waals surface area contributed by atoms with Gasteiger partial charge in [-0.1, -0.05) is 61.9 Å².